The molecule has 0 bridgehead atoms. The summed E-state index contributed by atoms with van der Waals surface area (Å²) in [4.78, 5) is 0. The first kappa shape index (κ1) is 20.2. The quantitative estimate of drug-likeness (QED) is 0.373. The third kappa shape index (κ3) is 5.27. The van der Waals surface area contributed by atoms with Gasteiger partial charge in [-0.05, 0) is 107 Å². The van der Waals surface area contributed by atoms with E-state index in [1.807, 2.05) is 0 Å². The molecule has 0 radical (unpaired) electrons. The Bertz CT molecular complexity index is 661. The number of rotatable bonds is 4. The van der Waals surface area contributed by atoms with E-state index in [4.69, 9.17) is 0 Å². The van der Waals surface area contributed by atoms with Crippen molar-refractivity contribution in [1.82, 2.24) is 0 Å². The third-order valence-corrected chi connectivity index (χ3v) is 6.55. The monoisotopic (exact) mass is 376 g/mol. The van der Waals surface area contributed by atoms with Crippen LogP contribution in [0.5, 0.6) is 0 Å². The van der Waals surface area contributed by atoms with E-state index in [2.05, 4.69) is 32.1 Å². The standard InChI is InChI=1S/C24H31F3/c1-16(2)4-3-5-17-6-8-18(9-7-17)19-10-12-20(13-11-19)21-14-22(25)24(27)23(26)15-21/h3-5,14-15,17-20H,6-13H2,1-2H3/b5-3+. The smallest absolute Gasteiger partial charge is 0.194 e. The van der Waals surface area contributed by atoms with Crippen molar-refractivity contribution in [3.05, 3.63) is 58.9 Å². The molecule has 0 heterocycles. The molecule has 0 saturated heterocycles. The summed E-state index contributed by atoms with van der Waals surface area (Å²) in [6.45, 7) is 4.23. The molecule has 0 aliphatic heterocycles. The highest BCUT2D eigenvalue weighted by atomic mass is 19.2. The summed E-state index contributed by atoms with van der Waals surface area (Å²) in [6, 6.07) is 2.38. The van der Waals surface area contributed by atoms with Crippen LogP contribution < -0.4 is 0 Å². The fourth-order valence-corrected chi connectivity index (χ4v) is 4.95. The van der Waals surface area contributed by atoms with Crippen LogP contribution in [-0.2, 0) is 0 Å². The van der Waals surface area contributed by atoms with Gasteiger partial charge in [0.1, 0.15) is 0 Å². The van der Waals surface area contributed by atoms with Crippen LogP contribution in [0.2, 0.25) is 0 Å². The van der Waals surface area contributed by atoms with Crippen LogP contribution in [-0.4, -0.2) is 0 Å². The molecule has 0 spiro atoms. The van der Waals surface area contributed by atoms with Crippen LogP contribution in [0.3, 0.4) is 0 Å². The van der Waals surface area contributed by atoms with Gasteiger partial charge >= 0.3 is 0 Å². The molecule has 1 aromatic carbocycles. The average Bonchev–Trinajstić information content (AvgIpc) is 2.66. The summed E-state index contributed by atoms with van der Waals surface area (Å²) in [7, 11) is 0. The summed E-state index contributed by atoms with van der Waals surface area (Å²) in [5.74, 6) is -1.09. The molecule has 148 valence electrons. The fraction of sp³-hybridized carbons (Fsp3) is 0.583. The van der Waals surface area contributed by atoms with Gasteiger partial charge in [-0.3, -0.25) is 0 Å². The Morgan fingerprint density at radius 2 is 1.33 bits per heavy atom. The van der Waals surface area contributed by atoms with E-state index in [0.717, 1.165) is 37.5 Å². The normalized spacial score (nSPS) is 29.1. The first-order valence-electron chi connectivity index (χ1n) is 10.4. The molecule has 0 amide bonds. The molecule has 2 aliphatic rings. The molecule has 3 rings (SSSR count). The maximum Gasteiger partial charge on any atom is 0.194 e. The van der Waals surface area contributed by atoms with E-state index in [1.54, 1.807) is 0 Å². The number of benzene rings is 1. The van der Waals surface area contributed by atoms with Gasteiger partial charge in [-0.2, -0.15) is 0 Å². The maximum absolute atomic E-state index is 13.5. The molecule has 0 nitrogen and oxygen atoms in total. The Balaban J connectivity index is 1.49. The fourth-order valence-electron chi connectivity index (χ4n) is 4.95. The van der Waals surface area contributed by atoms with Crippen LogP contribution >= 0.6 is 0 Å². The van der Waals surface area contributed by atoms with Crippen LogP contribution in [0.1, 0.15) is 76.7 Å². The third-order valence-electron chi connectivity index (χ3n) is 6.55. The van der Waals surface area contributed by atoms with Crippen LogP contribution in [0.15, 0.2) is 35.9 Å². The lowest BCUT2D eigenvalue weighted by Gasteiger charge is -2.37. The summed E-state index contributed by atoms with van der Waals surface area (Å²) in [5.41, 5.74) is 1.95. The van der Waals surface area contributed by atoms with Crippen molar-refractivity contribution in [2.24, 2.45) is 17.8 Å². The average molecular weight is 377 g/mol. The van der Waals surface area contributed by atoms with Gasteiger partial charge in [0.25, 0.3) is 0 Å². The highest BCUT2D eigenvalue weighted by molar-refractivity contribution is 5.23. The molecule has 2 aliphatic carbocycles. The summed E-state index contributed by atoms with van der Waals surface area (Å²) >= 11 is 0. The van der Waals surface area contributed by atoms with Gasteiger partial charge in [0.15, 0.2) is 17.5 Å². The van der Waals surface area contributed by atoms with Gasteiger partial charge in [-0.25, -0.2) is 13.2 Å². The lowest BCUT2D eigenvalue weighted by atomic mass is 9.68. The van der Waals surface area contributed by atoms with E-state index < -0.39 is 17.5 Å². The maximum atomic E-state index is 13.5. The molecule has 27 heavy (non-hydrogen) atoms. The number of hydrogen-bond donors (Lipinski definition) is 0. The number of hydrogen-bond acceptors (Lipinski definition) is 0. The minimum Gasteiger partial charge on any atom is -0.204 e. The SMILES string of the molecule is CC(C)=C/C=C/C1CCC(C2CCC(c3cc(F)c(F)c(F)c3)CC2)CC1. The van der Waals surface area contributed by atoms with Crippen molar-refractivity contribution in [2.75, 3.05) is 0 Å². The van der Waals surface area contributed by atoms with Crippen molar-refractivity contribution < 1.29 is 13.2 Å². The highest BCUT2D eigenvalue weighted by Crippen LogP contribution is 2.44. The molecule has 3 heteroatoms. The first-order chi connectivity index (χ1) is 12.9. The summed E-state index contributed by atoms with van der Waals surface area (Å²) in [5, 5.41) is 0. The van der Waals surface area contributed by atoms with Gasteiger partial charge in [0.05, 0.1) is 0 Å². The second kappa shape index (κ2) is 9.12. The van der Waals surface area contributed by atoms with Crippen molar-refractivity contribution in [3.8, 4) is 0 Å². The van der Waals surface area contributed by atoms with Gasteiger partial charge in [-0.15, -0.1) is 0 Å². The lowest BCUT2D eigenvalue weighted by molar-refractivity contribution is 0.171. The molecular weight excluding hydrogens is 345 g/mol. The molecule has 1 aromatic rings. The zero-order chi connectivity index (χ0) is 19.4. The molecule has 0 unspecified atom stereocenters. The van der Waals surface area contributed by atoms with Gasteiger partial charge in [0, 0.05) is 0 Å². The van der Waals surface area contributed by atoms with E-state index in [0.29, 0.717) is 11.5 Å². The Hall–Kier alpha value is -1.51. The van der Waals surface area contributed by atoms with E-state index in [1.165, 1.54) is 43.4 Å². The Morgan fingerprint density at radius 3 is 1.85 bits per heavy atom. The van der Waals surface area contributed by atoms with Crippen molar-refractivity contribution in [3.63, 3.8) is 0 Å². The van der Waals surface area contributed by atoms with Gasteiger partial charge < -0.3 is 0 Å². The Morgan fingerprint density at radius 1 is 0.815 bits per heavy atom. The second-order valence-corrected chi connectivity index (χ2v) is 8.71. The Kier molecular flexibility index (Phi) is 6.83. The van der Waals surface area contributed by atoms with E-state index in [-0.39, 0.29) is 5.92 Å². The number of halogens is 3. The van der Waals surface area contributed by atoms with E-state index in [9.17, 15) is 13.2 Å². The molecule has 0 atom stereocenters. The first-order valence-corrected chi connectivity index (χ1v) is 10.4. The predicted octanol–water partition coefficient (Wildman–Crippen LogP) is 7.71. The van der Waals surface area contributed by atoms with E-state index >= 15 is 0 Å². The Labute approximate surface area is 161 Å². The van der Waals surface area contributed by atoms with Gasteiger partial charge in [-0.1, -0.05) is 23.8 Å². The van der Waals surface area contributed by atoms with Crippen molar-refractivity contribution in [1.29, 1.82) is 0 Å². The van der Waals surface area contributed by atoms with Crippen LogP contribution in [0.25, 0.3) is 0 Å². The van der Waals surface area contributed by atoms with Crippen molar-refractivity contribution >= 4 is 0 Å². The minimum absolute atomic E-state index is 0.161. The molecule has 2 saturated carbocycles. The molecular formula is C24H31F3. The predicted molar refractivity (Wildman–Crippen MR) is 105 cm³/mol. The lowest BCUT2D eigenvalue weighted by Crippen LogP contribution is -2.25. The molecule has 0 aromatic heterocycles. The number of allylic oxidation sites excluding steroid dienone is 4. The largest absolute Gasteiger partial charge is 0.204 e. The highest BCUT2D eigenvalue weighted by Gasteiger charge is 2.31. The zero-order valence-electron chi connectivity index (χ0n) is 16.5. The summed E-state index contributed by atoms with van der Waals surface area (Å²) < 4.78 is 40.2. The summed E-state index contributed by atoms with van der Waals surface area (Å²) in [6.07, 6.45) is 16.0. The topological polar surface area (TPSA) is 0 Å². The van der Waals surface area contributed by atoms with Crippen LogP contribution in [0.4, 0.5) is 13.2 Å². The van der Waals surface area contributed by atoms with Crippen LogP contribution in [0, 0.1) is 35.2 Å². The molecule has 2 fully saturated rings. The molecule has 0 N–H and O–H groups in total. The minimum atomic E-state index is -1.36. The van der Waals surface area contributed by atoms with Gasteiger partial charge in [0.2, 0.25) is 0 Å². The second-order valence-electron chi connectivity index (χ2n) is 8.71. The zero-order valence-corrected chi connectivity index (χ0v) is 16.5. The van der Waals surface area contributed by atoms with Crippen molar-refractivity contribution in [2.45, 2.75) is 71.1 Å².